The number of hydrogen-bond acceptors (Lipinski definition) is 4. The number of nitrogens with zero attached hydrogens (tertiary/aromatic N) is 1. The Bertz CT molecular complexity index is 527. The minimum Gasteiger partial charge on any atom is -0.459 e. The molecule has 0 spiro atoms. The van der Waals surface area contributed by atoms with E-state index in [1.807, 2.05) is 37.4 Å². The van der Waals surface area contributed by atoms with Gasteiger partial charge in [-0.15, -0.1) is 0 Å². The molecule has 126 valence electrons. The molecule has 1 aliphatic heterocycles. The van der Waals surface area contributed by atoms with Crippen molar-refractivity contribution < 1.29 is 14.6 Å². The minimum absolute atomic E-state index is 0.0507. The van der Waals surface area contributed by atoms with Gasteiger partial charge in [-0.1, -0.05) is 49.6 Å². The summed E-state index contributed by atoms with van der Waals surface area (Å²) in [5.74, 6) is -0.513. The topological polar surface area (TPSA) is 49.8 Å². The predicted molar refractivity (Wildman–Crippen MR) is 88.9 cm³/mol. The fourth-order valence-electron chi connectivity index (χ4n) is 3.96. The lowest BCUT2D eigenvalue weighted by Crippen LogP contribution is -2.46. The summed E-state index contributed by atoms with van der Waals surface area (Å²) in [5, 5.41) is 11.4. The fraction of sp³-hybridized carbons (Fsp3) is 0.632. The summed E-state index contributed by atoms with van der Waals surface area (Å²) in [4.78, 5) is 15.1. The molecule has 1 aromatic rings. The van der Waals surface area contributed by atoms with Crippen LogP contribution in [0.3, 0.4) is 0 Å². The molecule has 0 amide bonds. The Kier molecular flexibility index (Phi) is 5.02. The van der Waals surface area contributed by atoms with Crippen LogP contribution in [0.1, 0.15) is 44.1 Å². The Balaban J connectivity index is 1.83. The van der Waals surface area contributed by atoms with Gasteiger partial charge < -0.3 is 14.7 Å². The van der Waals surface area contributed by atoms with Crippen LogP contribution < -0.4 is 0 Å². The molecule has 1 heterocycles. The van der Waals surface area contributed by atoms with Gasteiger partial charge in [-0.25, -0.2) is 4.79 Å². The zero-order valence-electron chi connectivity index (χ0n) is 13.9. The van der Waals surface area contributed by atoms with Crippen molar-refractivity contribution in [2.75, 3.05) is 20.1 Å². The van der Waals surface area contributed by atoms with Gasteiger partial charge in [-0.05, 0) is 31.9 Å². The van der Waals surface area contributed by atoms with E-state index in [4.69, 9.17) is 4.74 Å². The SMILES string of the molecule is CN1CC[C@H](OC(=O)[C@](O)(c2ccccc2)C2CCCCC2)C1. The molecule has 2 atom stereocenters. The quantitative estimate of drug-likeness (QED) is 0.868. The van der Waals surface area contributed by atoms with E-state index in [0.29, 0.717) is 5.56 Å². The Hall–Kier alpha value is -1.39. The molecule has 3 rings (SSSR count). The van der Waals surface area contributed by atoms with Gasteiger partial charge in [0.2, 0.25) is 0 Å². The zero-order chi connectivity index (χ0) is 16.3. The molecule has 1 aliphatic carbocycles. The summed E-state index contributed by atoms with van der Waals surface area (Å²) in [6.45, 7) is 1.69. The van der Waals surface area contributed by atoms with E-state index < -0.39 is 11.6 Å². The monoisotopic (exact) mass is 317 g/mol. The second-order valence-corrected chi connectivity index (χ2v) is 7.05. The smallest absolute Gasteiger partial charge is 0.343 e. The Morgan fingerprint density at radius 2 is 1.87 bits per heavy atom. The average molecular weight is 317 g/mol. The first-order valence-corrected chi connectivity index (χ1v) is 8.78. The standard InChI is InChI=1S/C19H27NO3/c1-20-13-12-17(14-20)23-18(21)19(22,15-8-4-2-5-9-15)16-10-6-3-7-11-16/h2,4-5,8-9,16-17,22H,3,6-7,10-14H2,1H3/t17-,19-/m0/s1. The first-order chi connectivity index (χ1) is 11.1. The molecule has 0 unspecified atom stereocenters. The van der Waals surface area contributed by atoms with Crippen molar-refractivity contribution in [1.29, 1.82) is 0 Å². The number of aliphatic hydroxyl groups is 1. The van der Waals surface area contributed by atoms with Crippen molar-refractivity contribution in [3.63, 3.8) is 0 Å². The van der Waals surface area contributed by atoms with Crippen LogP contribution in [-0.2, 0) is 15.1 Å². The van der Waals surface area contributed by atoms with Crippen LogP contribution in [0.2, 0.25) is 0 Å². The van der Waals surface area contributed by atoms with Crippen molar-refractivity contribution in [2.24, 2.45) is 5.92 Å². The molecule has 4 nitrogen and oxygen atoms in total. The zero-order valence-corrected chi connectivity index (χ0v) is 13.9. The summed E-state index contributed by atoms with van der Waals surface area (Å²) in [7, 11) is 2.03. The van der Waals surface area contributed by atoms with E-state index in [1.165, 1.54) is 6.42 Å². The maximum atomic E-state index is 12.9. The van der Waals surface area contributed by atoms with E-state index in [2.05, 4.69) is 4.90 Å². The highest BCUT2D eigenvalue weighted by Crippen LogP contribution is 2.40. The summed E-state index contributed by atoms with van der Waals surface area (Å²) < 4.78 is 5.72. The van der Waals surface area contributed by atoms with Crippen LogP contribution in [-0.4, -0.2) is 42.2 Å². The van der Waals surface area contributed by atoms with Crippen molar-refractivity contribution in [1.82, 2.24) is 4.90 Å². The number of likely N-dealkylation sites (tertiary alicyclic amines) is 1. The molecule has 1 aromatic carbocycles. The fourth-order valence-corrected chi connectivity index (χ4v) is 3.96. The number of rotatable bonds is 4. The number of benzene rings is 1. The molecule has 2 aliphatic rings. The number of esters is 1. The van der Waals surface area contributed by atoms with Gasteiger partial charge in [0.05, 0.1) is 0 Å². The summed E-state index contributed by atoms with van der Waals surface area (Å²) >= 11 is 0. The summed E-state index contributed by atoms with van der Waals surface area (Å²) in [6.07, 6.45) is 5.82. The van der Waals surface area contributed by atoms with Crippen LogP contribution in [0.15, 0.2) is 30.3 Å². The van der Waals surface area contributed by atoms with Gasteiger partial charge >= 0.3 is 5.97 Å². The van der Waals surface area contributed by atoms with Crippen molar-refractivity contribution in [2.45, 2.75) is 50.2 Å². The number of likely N-dealkylation sites (N-methyl/N-ethyl adjacent to an activating group) is 1. The number of carbonyl (C=O) groups excluding carboxylic acids is 1. The molecule has 1 saturated heterocycles. The van der Waals surface area contributed by atoms with Gasteiger partial charge in [0.15, 0.2) is 5.60 Å². The van der Waals surface area contributed by atoms with E-state index in [-0.39, 0.29) is 12.0 Å². The largest absolute Gasteiger partial charge is 0.459 e. The third-order valence-corrected chi connectivity index (χ3v) is 5.34. The molecule has 1 saturated carbocycles. The third-order valence-electron chi connectivity index (χ3n) is 5.34. The van der Waals surface area contributed by atoms with Gasteiger partial charge in [0, 0.05) is 19.0 Å². The van der Waals surface area contributed by atoms with Gasteiger partial charge in [-0.2, -0.15) is 0 Å². The van der Waals surface area contributed by atoms with E-state index >= 15 is 0 Å². The molecule has 4 heteroatoms. The Labute approximate surface area is 138 Å². The van der Waals surface area contributed by atoms with Gasteiger partial charge in [-0.3, -0.25) is 0 Å². The molecule has 2 fully saturated rings. The predicted octanol–water partition coefficient (Wildman–Crippen LogP) is 2.70. The molecular formula is C19H27NO3. The van der Waals surface area contributed by atoms with Crippen molar-refractivity contribution >= 4 is 5.97 Å². The van der Waals surface area contributed by atoms with Gasteiger partial charge in [0.1, 0.15) is 6.10 Å². The first kappa shape index (κ1) is 16.5. The number of hydrogen-bond donors (Lipinski definition) is 1. The van der Waals surface area contributed by atoms with E-state index in [9.17, 15) is 9.90 Å². The van der Waals surface area contributed by atoms with Crippen LogP contribution in [0.4, 0.5) is 0 Å². The lowest BCUT2D eigenvalue weighted by atomic mass is 9.73. The Morgan fingerprint density at radius 1 is 1.17 bits per heavy atom. The third kappa shape index (κ3) is 3.43. The van der Waals surface area contributed by atoms with Crippen LogP contribution >= 0.6 is 0 Å². The first-order valence-electron chi connectivity index (χ1n) is 8.78. The Morgan fingerprint density at radius 3 is 2.48 bits per heavy atom. The van der Waals surface area contributed by atoms with Crippen molar-refractivity contribution in [3.05, 3.63) is 35.9 Å². The average Bonchev–Trinajstić information content (AvgIpc) is 3.00. The minimum atomic E-state index is -1.51. The number of carbonyl (C=O) groups is 1. The highest BCUT2D eigenvalue weighted by Gasteiger charge is 2.48. The molecule has 1 N–H and O–H groups in total. The molecule has 0 aromatic heterocycles. The highest BCUT2D eigenvalue weighted by molar-refractivity contribution is 5.81. The van der Waals surface area contributed by atoms with E-state index in [1.54, 1.807) is 0 Å². The normalized spacial score (nSPS) is 25.9. The maximum Gasteiger partial charge on any atom is 0.343 e. The lowest BCUT2D eigenvalue weighted by molar-refractivity contribution is -0.180. The molecular weight excluding hydrogens is 290 g/mol. The second kappa shape index (κ2) is 7.02. The van der Waals surface area contributed by atoms with E-state index in [0.717, 1.165) is 45.2 Å². The maximum absolute atomic E-state index is 12.9. The van der Waals surface area contributed by atoms with Gasteiger partial charge in [0.25, 0.3) is 0 Å². The molecule has 23 heavy (non-hydrogen) atoms. The molecule has 0 bridgehead atoms. The second-order valence-electron chi connectivity index (χ2n) is 7.05. The lowest BCUT2D eigenvalue weighted by Gasteiger charge is -2.37. The summed E-state index contributed by atoms with van der Waals surface area (Å²) in [6, 6.07) is 9.34. The van der Waals surface area contributed by atoms with Crippen LogP contribution in [0.25, 0.3) is 0 Å². The van der Waals surface area contributed by atoms with Crippen LogP contribution in [0.5, 0.6) is 0 Å². The summed E-state index contributed by atoms with van der Waals surface area (Å²) in [5.41, 5.74) is -0.841. The highest BCUT2D eigenvalue weighted by atomic mass is 16.6. The number of ether oxygens (including phenoxy) is 1. The van der Waals surface area contributed by atoms with Crippen LogP contribution in [0, 0.1) is 5.92 Å². The van der Waals surface area contributed by atoms with Crippen molar-refractivity contribution in [3.8, 4) is 0 Å². The molecule has 0 radical (unpaired) electrons.